The number of nitrogens with zero attached hydrogens (tertiary/aromatic N) is 3. The van der Waals surface area contributed by atoms with Gasteiger partial charge in [-0.05, 0) is 30.3 Å². The van der Waals surface area contributed by atoms with Crippen molar-refractivity contribution in [1.29, 1.82) is 5.26 Å². The summed E-state index contributed by atoms with van der Waals surface area (Å²) < 4.78 is 11.8. The lowest BCUT2D eigenvalue weighted by Gasteiger charge is -2.09. The van der Waals surface area contributed by atoms with Crippen molar-refractivity contribution < 1.29 is 14.3 Å². The van der Waals surface area contributed by atoms with Crippen molar-refractivity contribution in [1.82, 2.24) is 9.78 Å². The molecule has 0 amide bonds. The van der Waals surface area contributed by atoms with Gasteiger partial charge in [-0.3, -0.25) is 4.79 Å². The Balaban J connectivity index is 1.65. The van der Waals surface area contributed by atoms with E-state index in [0.717, 1.165) is 4.68 Å². The molecule has 0 aliphatic heterocycles. The Labute approximate surface area is 149 Å². The highest BCUT2D eigenvalue weighted by molar-refractivity contribution is 6.02. The molecule has 0 radical (unpaired) electrons. The lowest BCUT2D eigenvalue weighted by molar-refractivity contribution is 0.0443. The molecule has 7 nitrogen and oxygen atoms in total. The van der Waals surface area contributed by atoms with Gasteiger partial charge in [0, 0.05) is 12.4 Å². The zero-order valence-electron chi connectivity index (χ0n) is 14.0. The van der Waals surface area contributed by atoms with Crippen LogP contribution in [0.3, 0.4) is 0 Å². The molecule has 0 N–H and O–H groups in total. The molecule has 0 saturated heterocycles. The molecule has 0 aliphatic rings. The Morgan fingerprint density at radius 3 is 2.50 bits per heavy atom. The molecule has 0 aliphatic carbocycles. The molecule has 0 spiro atoms. The molecule has 7 heteroatoms. The van der Waals surface area contributed by atoms with Crippen molar-refractivity contribution in [3.63, 3.8) is 0 Å². The van der Waals surface area contributed by atoms with Crippen LogP contribution in [0.4, 0.5) is 0 Å². The minimum atomic E-state index is -0.625. The largest absolute Gasteiger partial charge is 0.490 e. The van der Waals surface area contributed by atoms with Gasteiger partial charge in [0.05, 0.1) is 17.0 Å². The van der Waals surface area contributed by atoms with E-state index in [2.05, 4.69) is 5.10 Å². The molecule has 0 unspecified atom stereocenters. The van der Waals surface area contributed by atoms with Crippen molar-refractivity contribution in [3.05, 3.63) is 70.1 Å². The number of benzene rings is 2. The van der Waals surface area contributed by atoms with Crippen molar-refractivity contribution in [2.75, 3.05) is 13.2 Å². The molecule has 0 bridgehead atoms. The topological polar surface area (TPSA) is 94.2 Å². The van der Waals surface area contributed by atoms with E-state index in [4.69, 9.17) is 14.7 Å². The second-order valence-electron chi connectivity index (χ2n) is 5.44. The van der Waals surface area contributed by atoms with Crippen LogP contribution in [0.25, 0.3) is 10.8 Å². The number of hydrogen-bond donors (Lipinski definition) is 0. The van der Waals surface area contributed by atoms with Crippen LogP contribution in [-0.4, -0.2) is 29.0 Å². The van der Waals surface area contributed by atoms with Crippen molar-refractivity contribution in [3.8, 4) is 11.8 Å². The highest BCUT2D eigenvalue weighted by atomic mass is 16.6. The summed E-state index contributed by atoms with van der Waals surface area (Å²) in [6.45, 7) is 0.180. The third-order valence-corrected chi connectivity index (χ3v) is 3.72. The van der Waals surface area contributed by atoms with Gasteiger partial charge < -0.3 is 9.47 Å². The average molecular weight is 349 g/mol. The number of aromatic nitrogens is 2. The Morgan fingerprint density at radius 1 is 1.12 bits per heavy atom. The predicted octanol–water partition coefficient (Wildman–Crippen LogP) is 2.04. The first kappa shape index (κ1) is 17.2. The molecule has 0 fully saturated rings. The summed E-state index contributed by atoms with van der Waals surface area (Å²) in [6.07, 6.45) is 0. The van der Waals surface area contributed by atoms with Gasteiger partial charge in [-0.1, -0.05) is 18.2 Å². The van der Waals surface area contributed by atoms with E-state index in [9.17, 15) is 9.59 Å². The van der Waals surface area contributed by atoms with E-state index in [1.54, 1.807) is 48.5 Å². The Bertz CT molecular complexity index is 1050. The smallest absolute Gasteiger partial charge is 0.359 e. The molecular weight excluding hydrogens is 334 g/mol. The van der Waals surface area contributed by atoms with Gasteiger partial charge in [-0.25, -0.2) is 9.48 Å². The molecule has 26 heavy (non-hydrogen) atoms. The fourth-order valence-electron chi connectivity index (χ4n) is 2.44. The van der Waals surface area contributed by atoms with E-state index in [1.165, 1.54) is 7.05 Å². The number of hydrogen-bond acceptors (Lipinski definition) is 6. The maximum atomic E-state index is 12.3. The first-order valence-corrected chi connectivity index (χ1v) is 7.86. The molecule has 3 rings (SSSR count). The third kappa shape index (κ3) is 3.54. The van der Waals surface area contributed by atoms with Crippen molar-refractivity contribution in [2.45, 2.75) is 0 Å². The fraction of sp³-hybridized carbons (Fsp3) is 0.158. The van der Waals surface area contributed by atoms with Gasteiger partial charge in [-0.15, -0.1) is 0 Å². The van der Waals surface area contributed by atoms with E-state index in [1.807, 2.05) is 6.07 Å². The first-order chi connectivity index (χ1) is 12.6. The third-order valence-electron chi connectivity index (χ3n) is 3.72. The molecule has 0 saturated carbocycles. The van der Waals surface area contributed by atoms with E-state index in [-0.39, 0.29) is 24.5 Å². The SMILES string of the molecule is Cn1nc(C(=O)OCCOc2ccc(C#N)cc2)c2ccccc2c1=O. The normalized spacial score (nSPS) is 10.3. The van der Waals surface area contributed by atoms with Crippen molar-refractivity contribution >= 4 is 16.7 Å². The summed E-state index contributed by atoms with van der Waals surface area (Å²) in [7, 11) is 1.49. The number of rotatable bonds is 5. The number of nitriles is 1. The van der Waals surface area contributed by atoms with Gasteiger partial charge in [0.15, 0.2) is 5.69 Å². The summed E-state index contributed by atoms with van der Waals surface area (Å²) in [4.78, 5) is 24.4. The van der Waals surface area contributed by atoms with Crippen LogP contribution in [0, 0.1) is 11.3 Å². The van der Waals surface area contributed by atoms with Gasteiger partial charge in [0.1, 0.15) is 19.0 Å². The standard InChI is InChI=1S/C19H15N3O4/c1-22-18(23)16-5-3-2-4-15(16)17(21-22)19(24)26-11-10-25-14-8-6-13(12-20)7-9-14/h2-9H,10-11H2,1H3. The zero-order chi connectivity index (χ0) is 18.5. The van der Waals surface area contributed by atoms with Crippen LogP contribution < -0.4 is 10.3 Å². The lowest BCUT2D eigenvalue weighted by Crippen LogP contribution is -2.24. The van der Waals surface area contributed by atoms with Gasteiger partial charge >= 0.3 is 5.97 Å². The lowest BCUT2D eigenvalue weighted by atomic mass is 10.1. The number of fused-ring (bicyclic) bond motifs is 1. The highest BCUT2D eigenvalue weighted by Gasteiger charge is 2.16. The number of carbonyl (C=O) groups excluding carboxylic acids is 1. The summed E-state index contributed by atoms with van der Waals surface area (Å²) in [5, 5.41) is 13.6. The Morgan fingerprint density at radius 2 is 1.81 bits per heavy atom. The Hall–Kier alpha value is -3.66. The molecule has 0 atom stereocenters. The molecule has 3 aromatic rings. The number of aryl methyl sites for hydroxylation is 1. The Kier molecular flexibility index (Phi) is 4.94. The van der Waals surface area contributed by atoms with Gasteiger partial charge in [0.2, 0.25) is 0 Å². The number of esters is 1. The van der Waals surface area contributed by atoms with Crippen LogP contribution in [0.5, 0.6) is 5.75 Å². The minimum absolute atomic E-state index is 0.0255. The van der Waals surface area contributed by atoms with Gasteiger partial charge in [0.25, 0.3) is 5.56 Å². The molecule has 1 heterocycles. The van der Waals surface area contributed by atoms with E-state index in [0.29, 0.717) is 22.1 Å². The van der Waals surface area contributed by atoms with Crippen LogP contribution in [0.15, 0.2) is 53.3 Å². The number of carbonyl (C=O) groups is 1. The summed E-state index contributed by atoms with van der Waals surface area (Å²) in [5.74, 6) is -0.0500. The van der Waals surface area contributed by atoms with Crippen LogP contribution in [0.1, 0.15) is 16.1 Å². The van der Waals surface area contributed by atoms with Crippen LogP contribution in [0.2, 0.25) is 0 Å². The predicted molar refractivity (Wildman–Crippen MR) is 93.9 cm³/mol. The average Bonchev–Trinajstić information content (AvgIpc) is 2.68. The summed E-state index contributed by atoms with van der Waals surface area (Å²) in [5.41, 5.74) is 0.346. The quantitative estimate of drug-likeness (QED) is 0.517. The maximum absolute atomic E-state index is 12.3. The zero-order valence-corrected chi connectivity index (χ0v) is 14.0. The second-order valence-corrected chi connectivity index (χ2v) is 5.44. The first-order valence-electron chi connectivity index (χ1n) is 7.86. The monoisotopic (exact) mass is 349 g/mol. The minimum Gasteiger partial charge on any atom is -0.490 e. The number of ether oxygens (including phenoxy) is 2. The summed E-state index contributed by atoms with van der Waals surface area (Å²) in [6, 6.07) is 15.4. The van der Waals surface area contributed by atoms with Crippen molar-refractivity contribution in [2.24, 2.45) is 7.05 Å². The molecular formula is C19H15N3O4. The molecule has 1 aromatic heterocycles. The fourth-order valence-corrected chi connectivity index (χ4v) is 2.44. The van der Waals surface area contributed by atoms with Crippen LogP contribution >= 0.6 is 0 Å². The van der Waals surface area contributed by atoms with E-state index >= 15 is 0 Å². The summed E-state index contributed by atoms with van der Waals surface area (Å²) >= 11 is 0. The maximum Gasteiger partial charge on any atom is 0.359 e. The van der Waals surface area contributed by atoms with Gasteiger partial charge in [-0.2, -0.15) is 10.4 Å². The molecule has 130 valence electrons. The molecule has 2 aromatic carbocycles. The van der Waals surface area contributed by atoms with E-state index < -0.39 is 5.97 Å². The second kappa shape index (κ2) is 7.49. The van der Waals surface area contributed by atoms with Crippen LogP contribution in [-0.2, 0) is 11.8 Å². The highest BCUT2D eigenvalue weighted by Crippen LogP contribution is 2.14.